The van der Waals surface area contributed by atoms with Crippen LogP contribution in [-0.4, -0.2) is 73.6 Å². The van der Waals surface area contributed by atoms with Gasteiger partial charge in [0.25, 0.3) is 0 Å². The molecule has 48 heavy (non-hydrogen) atoms. The van der Waals surface area contributed by atoms with Crippen LogP contribution in [0.15, 0.2) is 36.8 Å². The molecule has 1 aliphatic rings. The number of likely N-dealkylation sites (tertiary alicyclic amines) is 1. The van der Waals surface area contributed by atoms with Crippen LogP contribution >= 0.6 is 0 Å². The third kappa shape index (κ3) is 9.32. The first-order valence-corrected chi connectivity index (χ1v) is 17.5. The molecule has 0 saturated carbocycles. The van der Waals surface area contributed by atoms with E-state index in [-0.39, 0.29) is 60.3 Å². The molecule has 0 spiro atoms. The number of unbranched alkanes of at least 4 members (excludes halogenated alkanes) is 1. The van der Waals surface area contributed by atoms with Gasteiger partial charge in [-0.2, -0.15) is 5.10 Å². The average molecular weight is 663 g/mol. The van der Waals surface area contributed by atoms with Gasteiger partial charge >= 0.3 is 6.09 Å². The number of nitrogens with zero attached hydrogens (tertiary/aromatic N) is 4. The zero-order chi connectivity index (χ0) is 35.0. The summed E-state index contributed by atoms with van der Waals surface area (Å²) in [7, 11) is 1.32. The second-order valence-corrected chi connectivity index (χ2v) is 14.8. The predicted octanol–water partition coefficient (Wildman–Crippen LogP) is 6.57. The first kappa shape index (κ1) is 36.8. The van der Waals surface area contributed by atoms with Gasteiger partial charge in [0, 0.05) is 54.8 Å². The van der Waals surface area contributed by atoms with E-state index in [9.17, 15) is 19.2 Å². The van der Waals surface area contributed by atoms with E-state index in [1.54, 1.807) is 6.20 Å². The molecule has 2 aromatic heterocycles. The zero-order valence-corrected chi connectivity index (χ0v) is 29.8. The van der Waals surface area contributed by atoms with Crippen molar-refractivity contribution in [2.45, 2.75) is 130 Å². The minimum Gasteiger partial charge on any atom is -0.452 e. The highest BCUT2D eigenvalue weighted by Gasteiger charge is 2.36. The maximum absolute atomic E-state index is 14.3. The number of amides is 2. The van der Waals surface area contributed by atoms with Crippen LogP contribution in [0, 0.1) is 11.3 Å². The SMILES string of the molecule is CCCC[C@@H](CC(=O)[C@@H](Cc1cn(C(=O)OC)c2ccccc12)NC(=O)[C@@H](CC(=O)N1[C@H](C)CCC[C@@H]1C)CC(C)(C)C)c1ncn[nH]1. The van der Waals surface area contributed by atoms with Gasteiger partial charge in [-0.1, -0.05) is 58.7 Å². The lowest BCUT2D eigenvalue weighted by atomic mass is 9.81. The van der Waals surface area contributed by atoms with E-state index in [2.05, 4.69) is 62.0 Å². The highest BCUT2D eigenvalue weighted by Crippen LogP contribution is 2.31. The van der Waals surface area contributed by atoms with Gasteiger partial charge in [0.2, 0.25) is 11.8 Å². The van der Waals surface area contributed by atoms with E-state index in [1.165, 1.54) is 18.0 Å². The van der Waals surface area contributed by atoms with Gasteiger partial charge in [-0.05, 0) is 63.0 Å². The van der Waals surface area contributed by atoms with Crippen LogP contribution in [0.5, 0.6) is 0 Å². The van der Waals surface area contributed by atoms with E-state index >= 15 is 0 Å². The summed E-state index contributed by atoms with van der Waals surface area (Å²) >= 11 is 0. The smallest absolute Gasteiger partial charge is 0.418 e. The number of Topliss-reactive ketones (excluding diaryl/α,β-unsaturated/α-hetero) is 1. The fourth-order valence-electron chi connectivity index (χ4n) is 7.23. The van der Waals surface area contributed by atoms with Gasteiger partial charge in [0.15, 0.2) is 5.78 Å². The first-order valence-electron chi connectivity index (χ1n) is 17.5. The van der Waals surface area contributed by atoms with E-state index < -0.39 is 18.1 Å². The Hall–Kier alpha value is -4.02. The Bertz CT molecular complexity index is 1530. The number of H-pyrrole nitrogens is 1. The number of para-hydroxylation sites is 1. The van der Waals surface area contributed by atoms with Crippen molar-refractivity contribution in [3.8, 4) is 0 Å². The molecule has 1 aliphatic heterocycles. The molecular formula is C37H54N6O5. The van der Waals surface area contributed by atoms with Crippen molar-refractivity contribution < 1.29 is 23.9 Å². The van der Waals surface area contributed by atoms with Crippen molar-refractivity contribution in [3.63, 3.8) is 0 Å². The predicted molar refractivity (Wildman–Crippen MR) is 185 cm³/mol. The summed E-state index contributed by atoms with van der Waals surface area (Å²) in [4.78, 5) is 61.3. The first-order chi connectivity index (χ1) is 22.8. The highest BCUT2D eigenvalue weighted by atomic mass is 16.5. The quantitative estimate of drug-likeness (QED) is 0.199. The molecule has 1 saturated heterocycles. The number of hydrogen-bond donors (Lipinski definition) is 2. The minimum absolute atomic E-state index is 0.0203. The Morgan fingerprint density at radius 1 is 1.08 bits per heavy atom. The Morgan fingerprint density at radius 2 is 1.79 bits per heavy atom. The summed E-state index contributed by atoms with van der Waals surface area (Å²) in [6.07, 6.45) is 9.07. The Kier molecular flexibility index (Phi) is 12.6. The van der Waals surface area contributed by atoms with Crippen LogP contribution in [0.2, 0.25) is 0 Å². The summed E-state index contributed by atoms with van der Waals surface area (Å²) < 4.78 is 6.45. The molecule has 2 amide bonds. The molecule has 5 atom stereocenters. The summed E-state index contributed by atoms with van der Waals surface area (Å²) in [5.41, 5.74) is 1.16. The lowest BCUT2D eigenvalue weighted by Crippen LogP contribution is -2.50. The number of carbonyl (C=O) groups excluding carboxylic acids is 4. The molecule has 0 unspecified atom stereocenters. The van der Waals surface area contributed by atoms with Crippen molar-refractivity contribution in [2.75, 3.05) is 7.11 Å². The van der Waals surface area contributed by atoms with Gasteiger partial charge in [0.1, 0.15) is 12.2 Å². The molecule has 3 heterocycles. The number of carbonyl (C=O) groups is 4. The van der Waals surface area contributed by atoms with Crippen molar-refractivity contribution in [3.05, 3.63) is 48.2 Å². The Balaban J connectivity index is 1.67. The molecule has 3 aromatic rings. The van der Waals surface area contributed by atoms with E-state index in [4.69, 9.17) is 4.74 Å². The Morgan fingerprint density at radius 3 is 2.42 bits per heavy atom. The summed E-state index contributed by atoms with van der Waals surface area (Å²) in [5.74, 6) is -0.635. The van der Waals surface area contributed by atoms with Crippen molar-refractivity contribution in [1.29, 1.82) is 0 Å². The van der Waals surface area contributed by atoms with Crippen LogP contribution in [0.4, 0.5) is 4.79 Å². The molecular weight excluding hydrogens is 608 g/mol. The monoisotopic (exact) mass is 662 g/mol. The molecule has 2 N–H and O–H groups in total. The molecule has 11 nitrogen and oxygen atoms in total. The van der Waals surface area contributed by atoms with Crippen molar-refractivity contribution >= 4 is 34.6 Å². The number of benzene rings is 1. The number of aromatic nitrogens is 4. The highest BCUT2D eigenvalue weighted by molar-refractivity contribution is 5.95. The summed E-state index contributed by atoms with van der Waals surface area (Å²) in [5, 5.41) is 10.9. The number of aromatic amines is 1. The second kappa shape index (κ2) is 16.4. The van der Waals surface area contributed by atoms with Crippen LogP contribution in [0.3, 0.4) is 0 Å². The average Bonchev–Trinajstić information content (AvgIpc) is 3.70. The van der Waals surface area contributed by atoms with Crippen LogP contribution in [0.1, 0.15) is 117 Å². The molecule has 0 radical (unpaired) electrons. The second-order valence-electron chi connectivity index (χ2n) is 14.8. The number of ketones is 1. The normalized spacial score (nSPS) is 18.7. The fourth-order valence-corrected chi connectivity index (χ4v) is 7.23. The van der Waals surface area contributed by atoms with Gasteiger partial charge in [0.05, 0.1) is 18.7 Å². The molecule has 0 aliphatic carbocycles. The number of ether oxygens (including phenoxy) is 1. The number of hydrogen-bond acceptors (Lipinski definition) is 7. The molecule has 0 bridgehead atoms. The largest absolute Gasteiger partial charge is 0.452 e. The van der Waals surface area contributed by atoms with Crippen LogP contribution in [0.25, 0.3) is 10.9 Å². The molecule has 4 rings (SSSR count). The van der Waals surface area contributed by atoms with Gasteiger partial charge in [-0.25, -0.2) is 9.78 Å². The van der Waals surface area contributed by atoms with Crippen LogP contribution < -0.4 is 5.32 Å². The standard InChI is InChI=1S/C37H54N6O5/c1-8-9-15-26(34-38-23-39-41-34)19-32(44)30(18-28-22-42(36(47)48-7)31-17-11-10-16-29(28)31)40-35(46)27(21-37(4,5)6)20-33(45)43-24(2)13-12-14-25(43)3/h10-11,16-17,22-27,30H,8-9,12-15,18-21H2,1-7H3,(H,40,46)(H,38,39,41)/t24-,25+,26-,27-,30+/m0/s1. The van der Waals surface area contributed by atoms with Crippen LogP contribution in [-0.2, 0) is 25.5 Å². The summed E-state index contributed by atoms with van der Waals surface area (Å²) in [6.45, 7) is 12.4. The van der Waals surface area contributed by atoms with E-state index in [0.717, 1.165) is 49.5 Å². The zero-order valence-electron chi connectivity index (χ0n) is 29.8. The number of methoxy groups -OCH3 is 1. The van der Waals surface area contributed by atoms with E-state index in [0.29, 0.717) is 17.8 Å². The number of piperidine rings is 1. The number of rotatable bonds is 14. The third-order valence-electron chi connectivity index (χ3n) is 9.60. The molecule has 262 valence electrons. The number of fused-ring (bicyclic) bond motifs is 1. The molecule has 1 aromatic carbocycles. The summed E-state index contributed by atoms with van der Waals surface area (Å²) in [6, 6.07) is 6.78. The molecule has 11 heteroatoms. The van der Waals surface area contributed by atoms with Crippen molar-refractivity contribution in [2.24, 2.45) is 11.3 Å². The maximum atomic E-state index is 14.3. The fraction of sp³-hybridized carbons (Fsp3) is 0.622. The lowest BCUT2D eigenvalue weighted by Gasteiger charge is -2.40. The van der Waals surface area contributed by atoms with Gasteiger partial charge < -0.3 is 15.0 Å². The minimum atomic E-state index is -0.896. The Labute approximate surface area is 284 Å². The maximum Gasteiger partial charge on any atom is 0.418 e. The number of nitrogens with one attached hydrogen (secondary N) is 2. The van der Waals surface area contributed by atoms with Gasteiger partial charge in [-0.15, -0.1) is 0 Å². The molecule has 1 fully saturated rings. The van der Waals surface area contributed by atoms with E-state index in [1.807, 2.05) is 29.2 Å². The lowest BCUT2D eigenvalue weighted by molar-refractivity contribution is -0.142. The van der Waals surface area contributed by atoms with Gasteiger partial charge in [-0.3, -0.25) is 24.0 Å². The van der Waals surface area contributed by atoms with Crippen molar-refractivity contribution in [1.82, 2.24) is 30.0 Å². The third-order valence-corrected chi connectivity index (χ3v) is 9.60. The topological polar surface area (TPSA) is 139 Å².